The Morgan fingerprint density at radius 1 is 1.23 bits per heavy atom. The maximum Gasteiger partial charge on any atom is 0.426 e. The Morgan fingerprint density at radius 2 is 2.03 bits per heavy atom. The molecule has 30 heavy (non-hydrogen) atoms. The van der Waals surface area contributed by atoms with E-state index >= 15 is 0 Å². The number of anilines is 2. The lowest BCUT2D eigenvalue weighted by atomic mass is 10.2. The Kier molecular flexibility index (Phi) is 5.51. The van der Waals surface area contributed by atoms with Crippen LogP contribution in [0.3, 0.4) is 0 Å². The number of fused-ring (bicyclic) bond motifs is 1. The Morgan fingerprint density at radius 3 is 2.80 bits per heavy atom. The number of allylic oxidation sites excluding steroid dienone is 1. The maximum atomic E-state index is 12.4. The average molecular weight is 404 g/mol. The van der Waals surface area contributed by atoms with Gasteiger partial charge in [0, 0.05) is 17.8 Å². The molecule has 0 aliphatic carbocycles. The van der Waals surface area contributed by atoms with E-state index in [0.29, 0.717) is 30.2 Å². The molecule has 2 aromatic carbocycles. The van der Waals surface area contributed by atoms with E-state index in [9.17, 15) is 9.59 Å². The molecule has 0 atom stereocenters. The molecule has 0 radical (unpaired) electrons. The monoisotopic (exact) mass is 404 g/mol. The number of carbonyl (C=O) groups excluding carboxylic acids is 2. The quantitative estimate of drug-likeness (QED) is 0.479. The summed E-state index contributed by atoms with van der Waals surface area (Å²) in [6.07, 6.45) is 1.99. The summed E-state index contributed by atoms with van der Waals surface area (Å²) < 4.78 is 5.35. The number of imide groups is 1. The van der Waals surface area contributed by atoms with Crippen molar-refractivity contribution in [1.82, 2.24) is 20.6 Å². The summed E-state index contributed by atoms with van der Waals surface area (Å²) in [5.74, 6) is 0.715. The molecule has 0 fully saturated rings. The van der Waals surface area contributed by atoms with E-state index in [2.05, 4.69) is 25.9 Å². The van der Waals surface area contributed by atoms with Gasteiger partial charge in [-0.2, -0.15) is 5.21 Å². The van der Waals surface area contributed by atoms with Gasteiger partial charge in [-0.1, -0.05) is 18.2 Å². The zero-order chi connectivity index (χ0) is 20.9. The first-order chi connectivity index (χ1) is 14.6. The molecule has 3 aromatic rings. The maximum absolute atomic E-state index is 12.4. The van der Waals surface area contributed by atoms with Crippen molar-refractivity contribution < 1.29 is 14.3 Å². The third-order valence-electron chi connectivity index (χ3n) is 4.65. The number of aromatic nitrogens is 4. The largest absolute Gasteiger partial charge is 0.426 e. The molecule has 0 bridgehead atoms. The zero-order valence-corrected chi connectivity index (χ0v) is 16.3. The highest BCUT2D eigenvalue weighted by atomic mass is 16.6. The Balaban J connectivity index is 1.27. The highest BCUT2D eigenvalue weighted by Crippen LogP contribution is 2.29. The van der Waals surface area contributed by atoms with Crippen LogP contribution in [0.2, 0.25) is 0 Å². The third-order valence-corrected chi connectivity index (χ3v) is 4.65. The van der Waals surface area contributed by atoms with Crippen LogP contribution in [0, 0.1) is 0 Å². The van der Waals surface area contributed by atoms with Crippen molar-refractivity contribution in [3.63, 3.8) is 0 Å². The molecule has 2 N–H and O–H groups in total. The van der Waals surface area contributed by atoms with Crippen LogP contribution in [0.25, 0.3) is 11.4 Å². The normalized spacial score (nSPS) is 13.3. The van der Waals surface area contributed by atoms with Crippen molar-refractivity contribution in [1.29, 1.82) is 0 Å². The van der Waals surface area contributed by atoms with Crippen molar-refractivity contribution in [3.8, 4) is 11.4 Å². The molecule has 0 spiro atoms. The van der Waals surface area contributed by atoms with Gasteiger partial charge in [0.2, 0.25) is 11.7 Å². The van der Waals surface area contributed by atoms with E-state index in [1.165, 1.54) is 0 Å². The molecule has 152 valence electrons. The van der Waals surface area contributed by atoms with E-state index in [1.807, 2.05) is 42.5 Å². The molecule has 0 saturated heterocycles. The number of para-hydroxylation sites is 1. The Hall–Kier alpha value is -4.01. The number of amides is 2. The number of H-pyrrole nitrogens is 1. The first kappa shape index (κ1) is 19.3. The highest BCUT2D eigenvalue weighted by molar-refractivity contribution is 6.17. The van der Waals surface area contributed by atoms with Crippen LogP contribution in [0.5, 0.6) is 0 Å². The van der Waals surface area contributed by atoms with Crippen molar-refractivity contribution >= 4 is 23.4 Å². The summed E-state index contributed by atoms with van der Waals surface area (Å²) in [4.78, 5) is 25.7. The molecular weight excluding hydrogens is 384 g/mol. The van der Waals surface area contributed by atoms with Crippen molar-refractivity contribution in [2.24, 2.45) is 0 Å². The first-order valence-corrected chi connectivity index (χ1v) is 9.49. The molecule has 0 saturated carbocycles. The predicted octanol–water partition coefficient (Wildman–Crippen LogP) is 3.30. The molecule has 9 nitrogen and oxygen atoms in total. The summed E-state index contributed by atoms with van der Waals surface area (Å²) in [5.41, 5.74) is 3.24. The first-order valence-electron chi connectivity index (χ1n) is 9.49. The van der Waals surface area contributed by atoms with Gasteiger partial charge in [-0.3, -0.25) is 4.79 Å². The minimum atomic E-state index is -0.677. The number of ether oxygens (including phenoxy) is 1. The second kappa shape index (κ2) is 8.56. The minimum absolute atomic E-state index is 0.212. The van der Waals surface area contributed by atoms with Crippen molar-refractivity contribution in [3.05, 3.63) is 65.9 Å². The summed E-state index contributed by atoms with van der Waals surface area (Å²) in [6.45, 7) is 2.35. The predicted molar refractivity (Wildman–Crippen MR) is 111 cm³/mol. The Bertz CT molecular complexity index is 1080. The number of tetrazole rings is 1. The smallest absolute Gasteiger partial charge is 0.415 e. The number of nitrogens with one attached hydrogen (secondary N) is 2. The van der Waals surface area contributed by atoms with Crippen molar-refractivity contribution in [2.75, 3.05) is 16.8 Å². The second-order valence-electron chi connectivity index (χ2n) is 6.75. The SMILES string of the molecule is CC(=CCCNc1ccc(-c2nn[nH]n2)cc1)OC(=O)N1C(=O)Cc2ccccc21. The summed E-state index contributed by atoms with van der Waals surface area (Å²) in [5, 5.41) is 17.1. The molecule has 2 heterocycles. The van der Waals surface area contributed by atoms with Crippen LogP contribution in [0.1, 0.15) is 18.9 Å². The fourth-order valence-electron chi connectivity index (χ4n) is 3.19. The summed E-state index contributed by atoms with van der Waals surface area (Å²) in [6, 6.07) is 14.9. The van der Waals surface area contributed by atoms with Crippen LogP contribution < -0.4 is 10.2 Å². The topological polar surface area (TPSA) is 113 Å². The molecule has 4 rings (SSSR count). The number of hydrogen-bond acceptors (Lipinski definition) is 7. The van der Waals surface area contributed by atoms with Gasteiger partial charge < -0.3 is 10.1 Å². The van der Waals surface area contributed by atoms with Gasteiger partial charge in [0.1, 0.15) is 5.76 Å². The number of hydrogen-bond donors (Lipinski definition) is 2. The molecule has 2 amide bonds. The Labute approximate surface area is 172 Å². The lowest BCUT2D eigenvalue weighted by Gasteiger charge is -2.15. The van der Waals surface area contributed by atoms with Gasteiger partial charge in [-0.15, -0.1) is 10.2 Å². The van der Waals surface area contributed by atoms with Gasteiger partial charge in [-0.25, -0.2) is 9.69 Å². The fourth-order valence-corrected chi connectivity index (χ4v) is 3.19. The van der Waals surface area contributed by atoms with Crippen LogP contribution in [0.15, 0.2) is 60.4 Å². The van der Waals surface area contributed by atoms with Gasteiger partial charge >= 0.3 is 6.09 Å². The molecule has 1 aromatic heterocycles. The molecule has 1 aliphatic heterocycles. The van der Waals surface area contributed by atoms with Crippen LogP contribution in [0.4, 0.5) is 16.2 Å². The molecule has 0 unspecified atom stereocenters. The van der Waals surface area contributed by atoms with E-state index < -0.39 is 6.09 Å². The number of rotatable bonds is 6. The summed E-state index contributed by atoms with van der Waals surface area (Å²) >= 11 is 0. The van der Waals surface area contributed by atoms with Gasteiger partial charge in [0.05, 0.1) is 12.1 Å². The number of benzene rings is 2. The average Bonchev–Trinajstić information content (AvgIpc) is 3.39. The van der Waals surface area contributed by atoms with E-state index in [4.69, 9.17) is 4.74 Å². The molecule has 9 heteroatoms. The van der Waals surface area contributed by atoms with E-state index in [1.54, 1.807) is 19.1 Å². The lowest BCUT2D eigenvalue weighted by Crippen LogP contribution is -2.33. The van der Waals surface area contributed by atoms with Crippen LogP contribution in [-0.4, -0.2) is 39.2 Å². The minimum Gasteiger partial charge on any atom is -0.415 e. The van der Waals surface area contributed by atoms with Gasteiger partial charge in [0.15, 0.2) is 0 Å². The molecular formula is C21H20N6O3. The van der Waals surface area contributed by atoms with Crippen LogP contribution in [-0.2, 0) is 16.0 Å². The fraction of sp³-hybridized carbons (Fsp3) is 0.190. The van der Waals surface area contributed by atoms with Crippen LogP contribution >= 0.6 is 0 Å². The van der Waals surface area contributed by atoms with Gasteiger partial charge in [0.25, 0.3) is 0 Å². The standard InChI is InChI=1S/C21H20N6O3/c1-14(30-21(29)27-18-7-3-2-6-16(18)13-19(27)28)5-4-12-22-17-10-8-15(9-11-17)20-23-25-26-24-20/h2-3,5-11,22H,4,12-13H2,1H3,(H,23,24,25,26). The van der Waals surface area contributed by atoms with Crippen molar-refractivity contribution in [2.45, 2.75) is 19.8 Å². The second-order valence-corrected chi connectivity index (χ2v) is 6.75. The summed E-state index contributed by atoms with van der Waals surface area (Å²) in [7, 11) is 0. The zero-order valence-electron chi connectivity index (χ0n) is 16.3. The number of carbonyl (C=O) groups is 2. The highest BCUT2D eigenvalue weighted by Gasteiger charge is 2.33. The van der Waals surface area contributed by atoms with E-state index in [-0.39, 0.29) is 12.3 Å². The van der Waals surface area contributed by atoms with E-state index in [0.717, 1.165) is 21.7 Å². The lowest BCUT2D eigenvalue weighted by molar-refractivity contribution is -0.116. The van der Waals surface area contributed by atoms with Gasteiger partial charge in [-0.05, 0) is 60.5 Å². The molecule has 1 aliphatic rings. The third kappa shape index (κ3) is 4.19. The number of nitrogens with zero attached hydrogens (tertiary/aromatic N) is 4. The number of aromatic amines is 1.